The number of methoxy groups -OCH3 is 8. The Kier molecular flexibility index (Phi) is 11.5. The molecule has 10 atom stereocenters. The van der Waals surface area contributed by atoms with Crippen molar-refractivity contribution in [3.63, 3.8) is 0 Å². The van der Waals surface area contributed by atoms with Gasteiger partial charge in [-0.1, -0.05) is 0 Å². The SMILES string of the molecule is COC[C@@H]1O[C@@H](OC)[C@@H](OC)[C@@H](OC)[C@@H]1O[C@@H]1O[C@@H](COC)[C@@H](OC)[C@@H](OC)[C@H]1OC. The van der Waals surface area contributed by atoms with Gasteiger partial charge in [0, 0.05) is 56.9 Å². The molecule has 0 aliphatic carbocycles. The van der Waals surface area contributed by atoms with Crippen molar-refractivity contribution >= 4 is 0 Å². The van der Waals surface area contributed by atoms with E-state index in [4.69, 9.17) is 52.1 Å². The molecule has 2 heterocycles. The largest absolute Gasteiger partial charge is 0.382 e. The van der Waals surface area contributed by atoms with Gasteiger partial charge in [0.15, 0.2) is 12.6 Å². The van der Waals surface area contributed by atoms with Gasteiger partial charge in [-0.25, -0.2) is 0 Å². The zero-order valence-electron chi connectivity index (χ0n) is 19.7. The normalized spacial score (nSPS) is 41.4. The number of hydrogen-bond donors (Lipinski definition) is 0. The van der Waals surface area contributed by atoms with Crippen LogP contribution in [-0.4, -0.2) is 132 Å². The van der Waals surface area contributed by atoms with Crippen LogP contribution in [0.2, 0.25) is 0 Å². The predicted octanol–water partition coefficient (Wildman–Crippen LogP) is -0.164. The summed E-state index contributed by atoms with van der Waals surface area (Å²) in [4.78, 5) is 0. The second-order valence-electron chi connectivity index (χ2n) is 7.33. The summed E-state index contributed by atoms with van der Waals surface area (Å²) >= 11 is 0. The maximum absolute atomic E-state index is 6.43. The lowest BCUT2D eigenvalue weighted by Crippen LogP contribution is -2.66. The van der Waals surface area contributed by atoms with Crippen molar-refractivity contribution in [3.05, 3.63) is 0 Å². The third kappa shape index (κ3) is 5.92. The lowest BCUT2D eigenvalue weighted by molar-refractivity contribution is -0.365. The first kappa shape index (κ1) is 26.8. The van der Waals surface area contributed by atoms with Crippen LogP contribution in [0.15, 0.2) is 0 Å². The lowest BCUT2D eigenvalue weighted by atomic mass is 9.96. The summed E-state index contributed by atoms with van der Waals surface area (Å²) in [5, 5.41) is 0. The van der Waals surface area contributed by atoms with Crippen LogP contribution < -0.4 is 0 Å². The Labute approximate surface area is 184 Å². The molecule has 0 N–H and O–H groups in total. The maximum atomic E-state index is 6.43. The molecule has 0 aromatic heterocycles. The molecule has 2 fully saturated rings. The molecule has 0 unspecified atom stereocenters. The highest BCUT2D eigenvalue weighted by Gasteiger charge is 2.53. The van der Waals surface area contributed by atoms with E-state index in [0.29, 0.717) is 0 Å². The second-order valence-corrected chi connectivity index (χ2v) is 7.33. The molecule has 0 aromatic carbocycles. The van der Waals surface area contributed by atoms with Gasteiger partial charge >= 0.3 is 0 Å². The maximum Gasteiger partial charge on any atom is 0.187 e. The van der Waals surface area contributed by atoms with E-state index in [-0.39, 0.29) is 13.2 Å². The first-order chi connectivity index (χ1) is 15.0. The van der Waals surface area contributed by atoms with Crippen LogP contribution >= 0.6 is 0 Å². The van der Waals surface area contributed by atoms with Crippen LogP contribution in [0.5, 0.6) is 0 Å². The summed E-state index contributed by atoms with van der Waals surface area (Å²) in [5.74, 6) is 0. The fourth-order valence-corrected chi connectivity index (χ4v) is 4.29. The molecule has 0 saturated carbocycles. The van der Waals surface area contributed by atoms with Gasteiger partial charge in [0.05, 0.1) is 13.2 Å². The van der Waals surface area contributed by atoms with Gasteiger partial charge in [-0.3, -0.25) is 0 Å². The minimum absolute atomic E-state index is 0.251. The third-order valence-corrected chi connectivity index (χ3v) is 5.73. The minimum Gasteiger partial charge on any atom is -0.382 e. The Balaban J connectivity index is 2.32. The Morgan fingerprint density at radius 3 is 1.32 bits per heavy atom. The number of rotatable bonds is 12. The highest BCUT2D eigenvalue weighted by atomic mass is 16.8. The Hall–Kier alpha value is -0.440. The fraction of sp³-hybridized carbons (Fsp3) is 1.00. The summed E-state index contributed by atoms with van der Waals surface area (Å²) in [7, 11) is 12.6. The molecule has 0 radical (unpaired) electrons. The van der Waals surface area contributed by atoms with E-state index in [0.717, 1.165) is 0 Å². The average molecular weight is 455 g/mol. The van der Waals surface area contributed by atoms with E-state index in [9.17, 15) is 0 Å². The molecule has 184 valence electrons. The summed E-state index contributed by atoms with van der Waals surface area (Å²) in [6, 6.07) is 0. The molecular formula is C20H38O11. The van der Waals surface area contributed by atoms with Gasteiger partial charge in [0.1, 0.15) is 48.8 Å². The molecule has 0 aromatic rings. The molecule has 2 aliphatic rings. The fourth-order valence-electron chi connectivity index (χ4n) is 4.29. The van der Waals surface area contributed by atoms with Gasteiger partial charge in [0.2, 0.25) is 0 Å². The van der Waals surface area contributed by atoms with E-state index < -0.39 is 61.4 Å². The molecule has 11 nitrogen and oxygen atoms in total. The van der Waals surface area contributed by atoms with Crippen molar-refractivity contribution in [1.82, 2.24) is 0 Å². The van der Waals surface area contributed by atoms with Crippen LogP contribution in [0.4, 0.5) is 0 Å². The lowest BCUT2D eigenvalue weighted by Gasteiger charge is -2.49. The topological polar surface area (TPSA) is 102 Å². The number of ether oxygens (including phenoxy) is 11. The number of hydrogen-bond acceptors (Lipinski definition) is 11. The molecule has 2 rings (SSSR count). The molecule has 2 saturated heterocycles. The van der Waals surface area contributed by atoms with Gasteiger partial charge < -0.3 is 52.1 Å². The van der Waals surface area contributed by atoms with Crippen LogP contribution in [-0.2, 0) is 52.1 Å². The zero-order chi connectivity index (χ0) is 23.0. The smallest absolute Gasteiger partial charge is 0.187 e. The molecule has 0 spiro atoms. The van der Waals surface area contributed by atoms with Crippen LogP contribution in [0.3, 0.4) is 0 Å². The van der Waals surface area contributed by atoms with E-state index in [1.165, 1.54) is 0 Å². The van der Waals surface area contributed by atoms with E-state index in [1.807, 2.05) is 0 Å². The monoisotopic (exact) mass is 454 g/mol. The van der Waals surface area contributed by atoms with Gasteiger partial charge in [0.25, 0.3) is 0 Å². The average Bonchev–Trinajstić information content (AvgIpc) is 2.79. The summed E-state index contributed by atoms with van der Waals surface area (Å²) in [6.45, 7) is 0.540. The van der Waals surface area contributed by atoms with E-state index >= 15 is 0 Å². The summed E-state index contributed by atoms with van der Waals surface area (Å²) in [5.41, 5.74) is 0. The molecule has 31 heavy (non-hydrogen) atoms. The minimum atomic E-state index is -0.816. The van der Waals surface area contributed by atoms with Gasteiger partial charge in [-0.15, -0.1) is 0 Å². The quantitative estimate of drug-likeness (QED) is 0.393. The first-order valence-electron chi connectivity index (χ1n) is 10.2. The predicted molar refractivity (Wildman–Crippen MR) is 107 cm³/mol. The standard InChI is InChI=1S/C20H38O11/c1-21-9-11-13(23-3)15(24-4)18(27-7)20(30-11)31-14-12(10-22-2)29-19(28-8)17(26-6)16(14)25-5/h11-20H,9-10H2,1-8H3/t11-,12-,13+,14+,15+,16-,17-,18+,19+,20-/m0/s1. The van der Waals surface area contributed by atoms with Crippen molar-refractivity contribution in [3.8, 4) is 0 Å². The molecule has 0 amide bonds. The van der Waals surface area contributed by atoms with Crippen LogP contribution in [0.1, 0.15) is 0 Å². The molecule has 11 heteroatoms. The van der Waals surface area contributed by atoms with Crippen molar-refractivity contribution in [2.75, 3.05) is 70.1 Å². The Morgan fingerprint density at radius 1 is 0.452 bits per heavy atom. The van der Waals surface area contributed by atoms with E-state index in [1.54, 1.807) is 56.9 Å². The van der Waals surface area contributed by atoms with Crippen LogP contribution in [0.25, 0.3) is 0 Å². The Morgan fingerprint density at radius 2 is 0.871 bits per heavy atom. The molecule has 2 aliphatic heterocycles. The molecular weight excluding hydrogens is 416 g/mol. The first-order valence-corrected chi connectivity index (χ1v) is 10.2. The highest BCUT2D eigenvalue weighted by Crippen LogP contribution is 2.33. The zero-order valence-corrected chi connectivity index (χ0v) is 19.7. The van der Waals surface area contributed by atoms with E-state index in [2.05, 4.69) is 0 Å². The summed E-state index contributed by atoms with van der Waals surface area (Å²) in [6.07, 6.45) is -5.50. The van der Waals surface area contributed by atoms with Crippen molar-refractivity contribution < 1.29 is 52.1 Å². The summed E-state index contributed by atoms with van der Waals surface area (Å²) < 4.78 is 63.2. The highest BCUT2D eigenvalue weighted by molar-refractivity contribution is 4.96. The van der Waals surface area contributed by atoms with Crippen molar-refractivity contribution in [2.24, 2.45) is 0 Å². The molecule has 0 bridgehead atoms. The van der Waals surface area contributed by atoms with Crippen LogP contribution in [0, 0.1) is 0 Å². The second kappa shape index (κ2) is 13.3. The van der Waals surface area contributed by atoms with Crippen molar-refractivity contribution in [2.45, 2.75) is 61.4 Å². The Bertz CT molecular complexity index is 496. The third-order valence-electron chi connectivity index (χ3n) is 5.73. The van der Waals surface area contributed by atoms with Gasteiger partial charge in [-0.2, -0.15) is 0 Å². The van der Waals surface area contributed by atoms with Crippen molar-refractivity contribution in [1.29, 1.82) is 0 Å². The van der Waals surface area contributed by atoms with Gasteiger partial charge in [-0.05, 0) is 0 Å².